The smallest absolute Gasteiger partial charge is 0.430 e. The van der Waals surface area contributed by atoms with Crippen molar-refractivity contribution in [3.8, 4) is 0 Å². The Labute approximate surface area is 136 Å². The van der Waals surface area contributed by atoms with E-state index in [0.717, 1.165) is 12.8 Å². The number of esters is 1. The third-order valence-corrected chi connectivity index (χ3v) is 3.43. The van der Waals surface area contributed by atoms with E-state index in [2.05, 4.69) is 4.74 Å². The topological polar surface area (TPSA) is 46.5 Å². The Morgan fingerprint density at radius 1 is 1.00 bits per heavy atom. The van der Waals surface area contributed by atoms with Gasteiger partial charge in [0.1, 0.15) is 0 Å². The summed E-state index contributed by atoms with van der Waals surface area (Å²) in [6.07, 6.45) is -6.42. The van der Waals surface area contributed by atoms with Crippen LogP contribution in [0.2, 0.25) is 0 Å². The minimum Gasteiger partial charge on any atom is -0.456 e. The predicted molar refractivity (Wildman–Crippen MR) is 75.1 cm³/mol. The average Bonchev–Trinajstić information content (AvgIpc) is 2.38. The van der Waals surface area contributed by atoms with Gasteiger partial charge in [0.05, 0.1) is 0 Å². The molecule has 0 rings (SSSR count). The van der Waals surface area contributed by atoms with E-state index in [4.69, 9.17) is 0 Å². The molecular weight excluding hydrogens is 342 g/mol. The molecule has 0 radical (unpaired) electrons. The molecule has 0 aliphatic heterocycles. The van der Waals surface area contributed by atoms with Crippen molar-refractivity contribution in [3.63, 3.8) is 0 Å². The first kappa shape index (κ1) is 22.8. The molecule has 0 aromatic carbocycles. The van der Waals surface area contributed by atoms with Crippen LogP contribution >= 0.6 is 0 Å². The lowest BCUT2D eigenvalue weighted by Crippen LogP contribution is -2.69. The summed E-state index contributed by atoms with van der Waals surface area (Å²) in [5.74, 6) is -1.24. The summed E-state index contributed by atoms with van der Waals surface area (Å²) in [7, 11) is 0. The van der Waals surface area contributed by atoms with Gasteiger partial charge in [0.25, 0.3) is 5.60 Å². The summed E-state index contributed by atoms with van der Waals surface area (Å²) in [6.45, 7) is 2.73. The zero-order valence-electron chi connectivity index (χ0n) is 13.7. The fraction of sp³-hybridized carbons (Fsp3) is 0.800. The fourth-order valence-electron chi connectivity index (χ4n) is 2.02. The average molecular weight is 364 g/mol. The highest BCUT2D eigenvalue weighted by Crippen LogP contribution is 2.50. The van der Waals surface area contributed by atoms with Crippen molar-refractivity contribution in [2.45, 2.75) is 76.4 Å². The van der Waals surface area contributed by atoms with Crippen LogP contribution < -0.4 is 0 Å². The summed E-state index contributed by atoms with van der Waals surface area (Å²) in [4.78, 5) is 11.6. The minimum atomic E-state index is -6.06. The number of halogens is 6. The van der Waals surface area contributed by atoms with E-state index < -0.39 is 29.5 Å². The standard InChI is InChI=1S/C15H22F6O3/c1-4-5-6-7-8-9-10-11(22)24-12(2,3)13(23,14(16,17)18)15(19,20)21/h6-7,23H,4-5,8-10H2,1-3H3/b7-6-. The summed E-state index contributed by atoms with van der Waals surface area (Å²) in [5.41, 5.74) is -8.39. The molecule has 0 amide bonds. The highest BCUT2D eigenvalue weighted by atomic mass is 19.4. The van der Waals surface area contributed by atoms with Crippen LogP contribution in [-0.4, -0.2) is 34.6 Å². The number of carbonyl (C=O) groups excluding carboxylic acids is 1. The maximum absolute atomic E-state index is 12.8. The van der Waals surface area contributed by atoms with Crippen LogP contribution in [0.3, 0.4) is 0 Å². The van der Waals surface area contributed by atoms with Gasteiger partial charge in [0.15, 0.2) is 5.60 Å². The van der Waals surface area contributed by atoms with Crippen LogP contribution in [0.4, 0.5) is 26.3 Å². The summed E-state index contributed by atoms with van der Waals surface area (Å²) >= 11 is 0. The molecule has 24 heavy (non-hydrogen) atoms. The fourth-order valence-corrected chi connectivity index (χ4v) is 2.02. The van der Waals surface area contributed by atoms with Crippen LogP contribution in [0.15, 0.2) is 12.2 Å². The van der Waals surface area contributed by atoms with Crippen molar-refractivity contribution >= 4 is 5.97 Å². The first-order valence-electron chi connectivity index (χ1n) is 7.43. The Morgan fingerprint density at radius 2 is 1.46 bits per heavy atom. The first-order chi connectivity index (χ1) is 10.7. The molecule has 0 unspecified atom stereocenters. The second-order valence-corrected chi connectivity index (χ2v) is 5.84. The summed E-state index contributed by atoms with van der Waals surface area (Å²) < 4.78 is 81.1. The van der Waals surface area contributed by atoms with Crippen LogP contribution in [-0.2, 0) is 9.53 Å². The maximum Gasteiger partial charge on any atom is 0.430 e. The number of ether oxygens (including phenoxy) is 1. The van der Waals surface area contributed by atoms with Crippen LogP contribution in [0.1, 0.15) is 52.9 Å². The number of unbranched alkanes of at least 4 members (excludes halogenated alkanes) is 2. The van der Waals surface area contributed by atoms with Crippen molar-refractivity contribution in [3.05, 3.63) is 12.2 Å². The van der Waals surface area contributed by atoms with E-state index >= 15 is 0 Å². The van der Waals surface area contributed by atoms with E-state index in [0.29, 0.717) is 20.3 Å². The molecule has 0 aliphatic rings. The zero-order chi connectivity index (χ0) is 19.2. The van der Waals surface area contributed by atoms with Gasteiger partial charge in [-0.15, -0.1) is 0 Å². The molecule has 0 saturated carbocycles. The zero-order valence-corrected chi connectivity index (χ0v) is 13.7. The Morgan fingerprint density at radius 3 is 1.88 bits per heavy atom. The van der Waals surface area contributed by atoms with E-state index in [1.807, 2.05) is 13.0 Å². The SMILES string of the molecule is CCC/C=C\CCCC(=O)OC(C)(C)C(O)(C(F)(F)F)C(F)(F)F. The molecule has 0 fully saturated rings. The highest BCUT2D eigenvalue weighted by Gasteiger charge is 2.78. The normalized spacial score (nSPS) is 14.2. The lowest BCUT2D eigenvalue weighted by atomic mass is 9.84. The van der Waals surface area contributed by atoms with Crippen LogP contribution in [0.5, 0.6) is 0 Å². The molecule has 0 heterocycles. The quantitative estimate of drug-likeness (QED) is 0.294. The Balaban J connectivity index is 4.95. The molecule has 3 nitrogen and oxygen atoms in total. The molecule has 9 heteroatoms. The van der Waals surface area contributed by atoms with Crippen LogP contribution in [0.25, 0.3) is 0 Å². The molecule has 0 aromatic rings. The first-order valence-corrected chi connectivity index (χ1v) is 7.43. The van der Waals surface area contributed by atoms with Crippen molar-refractivity contribution in [1.29, 1.82) is 0 Å². The molecule has 1 N–H and O–H groups in total. The number of alkyl halides is 6. The van der Waals surface area contributed by atoms with Gasteiger partial charge >= 0.3 is 18.3 Å². The number of rotatable bonds is 8. The van der Waals surface area contributed by atoms with Gasteiger partial charge in [-0.05, 0) is 33.1 Å². The number of hydrogen-bond donors (Lipinski definition) is 1. The van der Waals surface area contributed by atoms with E-state index in [1.165, 1.54) is 0 Å². The number of hydrogen-bond acceptors (Lipinski definition) is 3. The predicted octanol–water partition coefficient (Wildman–Crippen LogP) is 4.69. The molecule has 0 aliphatic carbocycles. The lowest BCUT2D eigenvalue weighted by Gasteiger charge is -2.43. The largest absolute Gasteiger partial charge is 0.456 e. The summed E-state index contributed by atoms with van der Waals surface area (Å²) in [5, 5.41) is 9.29. The lowest BCUT2D eigenvalue weighted by molar-refractivity contribution is -0.407. The van der Waals surface area contributed by atoms with Gasteiger partial charge in [-0.25, -0.2) is 0 Å². The molecule has 0 bridgehead atoms. The number of allylic oxidation sites excluding steroid dienone is 2. The van der Waals surface area contributed by atoms with Gasteiger partial charge in [-0.3, -0.25) is 4.79 Å². The monoisotopic (exact) mass is 364 g/mol. The van der Waals surface area contributed by atoms with E-state index in [-0.39, 0.29) is 12.8 Å². The summed E-state index contributed by atoms with van der Waals surface area (Å²) in [6, 6.07) is 0. The molecule has 0 aromatic heterocycles. The van der Waals surface area contributed by atoms with Gasteiger partial charge < -0.3 is 9.84 Å². The second-order valence-electron chi connectivity index (χ2n) is 5.84. The maximum atomic E-state index is 12.8. The Bertz CT molecular complexity index is 423. The number of carbonyl (C=O) groups is 1. The molecule has 0 saturated heterocycles. The van der Waals surface area contributed by atoms with Crippen LogP contribution in [0, 0.1) is 0 Å². The van der Waals surface area contributed by atoms with Crippen molar-refractivity contribution in [2.24, 2.45) is 0 Å². The van der Waals surface area contributed by atoms with Crippen molar-refractivity contribution in [1.82, 2.24) is 0 Å². The van der Waals surface area contributed by atoms with Gasteiger partial charge in [0, 0.05) is 6.42 Å². The van der Waals surface area contributed by atoms with Crippen molar-refractivity contribution in [2.75, 3.05) is 0 Å². The Kier molecular flexibility index (Phi) is 7.79. The second kappa shape index (κ2) is 8.22. The molecule has 0 spiro atoms. The van der Waals surface area contributed by atoms with Gasteiger partial charge in [-0.2, -0.15) is 26.3 Å². The third kappa shape index (κ3) is 5.39. The molecular formula is C15H22F6O3. The van der Waals surface area contributed by atoms with E-state index in [9.17, 15) is 36.2 Å². The minimum absolute atomic E-state index is 0.214. The van der Waals surface area contributed by atoms with E-state index in [1.54, 1.807) is 6.08 Å². The molecule has 0 atom stereocenters. The third-order valence-electron chi connectivity index (χ3n) is 3.43. The number of aliphatic hydroxyl groups is 1. The van der Waals surface area contributed by atoms with Gasteiger partial charge in [0.2, 0.25) is 0 Å². The van der Waals surface area contributed by atoms with Crippen molar-refractivity contribution < 1.29 is 41.0 Å². The van der Waals surface area contributed by atoms with Gasteiger partial charge in [-0.1, -0.05) is 25.5 Å². The highest BCUT2D eigenvalue weighted by molar-refractivity contribution is 5.70. The Hall–Kier alpha value is -1.25. The molecule has 142 valence electrons.